The van der Waals surface area contributed by atoms with Gasteiger partial charge in [0, 0.05) is 26.3 Å². The minimum absolute atomic E-state index is 0.328. The van der Waals surface area contributed by atoms with Crippen molar-refractivity contribution in [2.75, 3.05) is 6.61 Å². The Labute approximate surface area is 108 Å². The van der Waals surface area contributed by atoms with E-state index in [4.69, 9.17) is 9.15 Å². The Morgan fingerprint density at radius 1 is 1.22 bits per heavy atom. The molecular weight excluding hydrogens is 244 g/mol. The summed E-state index contributed by atoms with van der Waals surface area (Å²) in [6, 6.07) is 10.1. The van der Waals surface area contributed by atoms with Crippen LogP contribution >= 0.6 is 0 Å². The minimum Gasteiger partial charge on any atom is -0.493 e. The molecule has 0 atom stereocenters. The van der Waals surface area contributed by atoms with Crippen LogP contribution in [-0.2, 0) is 0 Å². The lowest BCUT2D eigenvalue weighted by Crippen LogP contribution is -2.04. The van der Waals surface area contributed by atoms with E-state index in [1.165, 1.54) is 12.1 Å². The quantitative estimate of drug-likeness (QED) is 0.472. The lowest BCUT2D eigenvalue weighted by atomic mass is 10.2. The molecule has 0 radical (unpaired) electrons. The van der Waals surface area contributed by atoms with Crippen molar-refractivity contribution >= 4 is 19.8 Å². The Morgan fingerprint density at radius 3 is 2.78 bits per heavy atom. The van der Waals surface area contributed by atoms with Crippen molar-refractivity contribution in [2.24, 2.45) is 0 Å². The summed E-state index contributed by atoms with van der Waals surface area (Å²) in [5, 5.41) is 0.913. The van der Waals surface area contributed by atoms with Gasteiger partial charge in [0.05, 0.1) is 6.61 Å². The van der Waals surface area contributed by atoms with Crippen LogP contribution in [0.3, 0.4) is 0 Å². The Balaban J connectivity index is 2.03. The summed E-state index contributed by atoms with van der Waals surface area (Å²) in [7, 11) is -0.483. The zero-order chi connectivity index (χ0) is 13.0. The molecule has 1 heterocycles. The van der Waals surface area contributed by atoms with E-state index in [0.717, 1.165) is 24.2 Å². The molecule has 0 saturated heterocycles. The Morgan fingerprint density at radius 2 is 2.00 bits per heavy atom. The highest BCUT2D eigenvalue weighted by Gasteiger charge is 2.01. The first-order valence-electron chi connectivity index (χ1n) is 6.32. The molecule has 18 heavy (non-hydrogen) atoms. The molecule has 4 heteroatoms. The maximum atomic E-state index is 11.1. The largest absolute Gasteiger partial charge is 0.493 e. The van der Waals surface area contributed by atoms with Crippen molar-refractivity contribution in [1.82, 2.24) is 0 Å². The van der Waals surface area contributed by atoms with Gasteiger partial charge in [-0.2, -0.15) is 0 Å². The molecule has 0 saturated carbocycles. The average molecular weight is 262 g/mol. The second kappa shape index (κ2) is 5.86. The highest BCUT2D eigenvalue weighted by Crippen LogP contribution is 2.19. The Bertz CT molecular complexity index is 575. The molecule has 2 aromatic rings. The third-order valence-electron chi connectivity index (χ3n) is 2.79. The highest BCUT2D eigenvalue weighted by molar-refractivity contribution is 6.55. The van der Waals surface area contributed by atoms with Gasteiger partial charge < -0.3 is 9.15 Å². The van der Waals surface area contributed by atoms with Crippen LogP contribution in [0, 0.1) is 0 Å². The standard InChI is InChI=1S/C14H18O3Si/c1-18(2)9-3-8-16-12-6-4-11-5-7-14(15)17-13(11)10-12/h4-7,10,18H,3,8-9H2,1-2H3. The minimum atomic E-state index is -0.483. The van der Waals surface area contributed by atoms with E-state index < -0.39 is 8.80 Å². The zero-order valence-electron chi connectivity index (χ0n) is 10.8. The van der Waals surface area contributed by atoms with Crippen LogP contribution in [-0.4, -0.2) is 15.4 Å². The molecule has 0 amide bonds. The van der Waals surface area contributed by atoms with Crippen molar-refractivity contribution in [3.63, 3.8) is 0 Å². The van der Waals surface area contributed by atoms with Gasteiger partial charge in [-0.05, 0) is 24.6 Å². The molecule has 3 nitrogen and oxygen atoms in total. The van der Waals surface area contributed by atoms with Gasteiger partial charge in [-0.15, -0.1) is 0 Å². The first-order valence-corrected chi connectivity index (χ1v) is 9.44. The van der Waals surface area contributed by atoms with Gasteiger partial charge >= 0.3 is 5.63 Å². The van der Waals surface area contributed by atoms with E-state index in [1.54, 1.807) is 12.1 Å². The second-order valence-electron chi connectivity index (χ2n) is 4.84. The van der Waals surface area contributed by atoms with Gasteiger partial charge in [-0.3, -0.25) is 0 Å². The number of ether oxygens (including phenoxy) is 1. The van der Waals surface area contributed by atoms with Crippen LogP contribution in [0.1, 0.15) is 6.42 Å². The third-order valence-corrected chi connectivity index (χ3v) is 4.35. The second-order valence-corrected chi connectivity index (χ2v) is 8.20. The monoisotopic (exact) mass is 262 g/mol. The van der Waals surface area contributed by atoms with Crippen LogP contribution in [0.5, 0.6) is 5.75 Å². The smallest absolute Gasteiger partial charge is 0.336 e. The maximum Gasteiger partial charge on any atom is 0.336 e. The molecule has 0 bridgehead atoms. The molecule has 0 fully saturated rings. The predicted molar refractivity (Wildman–Crippen MR) is 76.3 cm³/mol. The van der Waals surface area contributed by atoms with Gasteiger partial charge in [0.15, 0.2) is 0 Å². The normalized spacial score (nSPS) is 11.1. The summed E-state index contributed by atoms with van der Waals surface area (Å²) >= 11 is 0. The van der Waals surface area contributed by atoms with Crippen LogP contribution in [0.2, 0.25) is 19.1 Å². The summed E-state index contributed by atoms with van der Waals surface area (Å²) in [5.74, 6) is 0.766. The van der Waals surface area contributed by atoms with Crippen LogP contribution in [0.4, 0.5) is 0 Å². The van der Waals surface area contributed by atoms with Crippen molar-refractivity contribution in [2.45, 2.75) is 25.6 Å². The summed E-state index contributed by atoms with van der Waals surface area (Å²) in [5.41, 5.74) is 0.253. The molecule has 0 aliphatic carbocycles. The maximum absolute atomic E-state index is 11.1. The van der Waals surface area contributed by atoms with E-state index in [9.17, 15) is 4.79 Å². The Kier molecular flexibility index (Phi) is 4.20. The SMILES string of the molecule is C[SiH](C)CCCOc1ccc2ccc(=O)oc2c1. The van der Waals surface area contributed by atoms with Crippen molar-refractivity contribution in [3.8, 4) is 5.75 Å². The van der Waals surface area contributed by atoms with Crippen LogP contribution in [0.15, 0.2) is 39.5 Å². The fourth-order valence-corrected chi connectivity index (χ4v) is 2.80. The molecular formula is C14H18O3Si. The van der Waals surface area contributed by atoms with Crippen LogP contribution < -0.4 is 10.4 Å². The Hall–Kier alpha value is -1.55. The number of hydrogen-bond acceptors (Lipinski definition) is 3. The predicted octanol–water partition coefficient (Wildman–Crippen LogP) is 3.05. The first kappa shape index (κ1) is 12.9. The van der Waals surface area contributed by atoms with Gasteiger partial charge in [-0.25, -0.2) is 4.79 Å². The first-order chi connectivity index (χ1) is 8.65. The number of rotatable bonds is 5. The number of fused-ring (bicyclic) bond motifs is 1. The van der Waals surface area contributed by atoms with E-state index >= 15 is 0 Å². The van der Waals surface area contributed by atoms with Crippen molar-refractivity contribution in [3.05, 3.63) is 40.8 Å². The molecule has 96 valence electrons. The molecule has 1 aromatic heterocycles. The molecule has 0 N–H and O–H groups in total. The van der Waals surface area contributed by atoms with E-state index in [-0.39, 0.29) is 5.63 Å². The summed E-state index contributed by atoms with van der Waals surface area (Å²) in [4.78, 5) is 11.1. The fraction of sp³-hybridized carbons (Fsp3) is 0.357. The van der Waals surface area contributed by atoms with E-state index in [2.05, 4.69) is 13.1 Å². The molecule has 0 aliphatic rings. The molecule has 2 rings (SSSR count). The molecule has 0 unspecified atom stereocenters. The fourth-order valence-electron chi connectivity index (χ4n) is 1.81. The topological polar surface area (TPSA) is 39.4 Å². The van der Waals surface area contributed by atoms with Gasteiger partial charge in [0.2, 0.25) is 0 Å². The summed E-state index contributed by atoms with van der Waals surface area (Å²) in [6.07, 6.45) is 1.10. The summed E-state index contributed by atoms with van der Waals surface area (Å²) in [6.45, 7) is 5.41. The van der Waals surface area contributed by atoms with E-state index in [1.807, 2.05) is 12.1 Å². The number of hydrogen-bond donors (Lipinski definition) is 0. The average Bonchev–Trinajstić information content (AvgIpc) is 2.34. The van der Waals surface area contributed by atoms with Gasteiger partial charge in [0.1, 0.15) is 11.3 Å². The molecule has 1 aromatic carbocycles. The van der Waals surface area contributed by atoms with E-state index in [0.29, 0.717) is 5.58 Å². The number of benzene rings is 1. The molecule has 0 aliphatic heterocycles. The lowest BCUT2D eigenvalue weighted by Gasteiger charge is -2.07. The van der Waals surface area contributed by atoms with Gasteiger partial charge in [-0.1, -0.05) is 19.1 Å². The van der Waals surface area contributed by atoms with Crippen molar-refractivity contribution < 1.29 is 9.15 Å². The van der Waals surface area contributed by atoms with Gasteiger partial charge in [0.25, 0.3) is 0 Å². The molecule has 0 spiro atoms. The van der Waals surface area contributed by atoms with Crippen molar-refractivity contribution in [1.29, 1.82) is 0 Å². The van der Waals surface area contributed by atoms with Crippen LogP contribution in [0.25, 0.3) is 11.0 Å². The lowest BCUT2D eigenvalue weighted by molar-refractivity contribution is 0.317. The highest BCUT2D eigenvalue weighted by atomic mass is 28.3. The summed E-state index contributed by atoms with van der Waals surface area (Å²) < 4.78 is 10.8. The zero-order valence-corrected chi connectivity index (χ0v) is 12.0. The third kappa shape index (κ3) is 3.47.